The van der Waals surface area contributed by atoms with E-state index in [1.165, 1.54) is 49.2 Å². The minimum Gasteiger partial charge on any atom is -0.546 e. The summed E-state index contributed by atoms with van der Waals surface area (Å²) >= 11 is 2.56. The SMILES string of the molecule is CC(C)(O/N=C(\C(=O)C[C@@H]1C(=O)N2C(c3nnn[n-]3)=C(C[N+]3(CCNC(=O)c4cccc(O)c4O)CCCC3)CS[C@H]12)c1csc(N)n1)C(=O)[O-].[Na+]. The van der Waals surface area contributed by atoms with Crippen molar-refractivity contribution in [1.29, 1.82) is 0 Å². The number of thioether (sulfide) groups is 1. The number of likely N-dealkylation sites (tertiary alicyclic amines) is 1. The van der Waals surface area contributed by atoms with Crippen LogP contribution in [0, 0.1) is 5.92 Å². The van der Waals surface area contributed by atoms with Crippen molar-refractivity contribution in [2.24, 2.45) is 11.1 Å². The van der Waals surface area contributed by atoms with Gasteiger partial charge < -0.3 is 45.6 Å². The molecule has 1 aromatic carbocycles. The molecule has 0 bridgehead atoms. The molecule has 2 aromatic heterocycles. The molecule has 2 atom stereocenters. The number of Topliss-reactive ketones (excluding diaryl/α,β-unsaturated/α-hetero) is 1. The molecule has 0 radical (unpaired) electrons. The Morgan fingerprint density at radius 1 is 1.25 bits per heavy atom. The van der Waals surface area contributed by atoms with Crippen LogP contribution in [0.4, 0.5) is 5.13 Å². The fourth-order valence-electron chi connectivity index (χ4n) is 6.41. The number of hydrogen-bond acceptors (Lipinski definition) is 16. The number of aliphatic carboxylic acids is 1. The van der Waals surface area contributed by atoms with E-state index in [1.54, 1.807) is 4.90 Å². The van der Waals surface area contributed by atoms with Gasteiger partial charge in [-0.2, -0.15) is 5.21 Å². The summed E-state index contributed by atoms with van der Waals surface area (Å²) in [6.45, 7) is 5.53. The number of aromatic hydroxyl groups is 2. The van der Waals surface area contributed by atoms with Crippen LogP contribution in [0.3, 0.4) is 0 Å². The van der Waals surface area contributed by atoms with Crippen molar-refractivity contribution >= 4 is 63.2 Å². The summed E-state index contributed by atoms with van der Waals surface area (Å²) in [4.78, 5) is 62.6. The van der Waals surface area contributed by atoms with Crippen molar-refractivity contribution in [3.05, 3.63) is 46.2 Å². The quantitative estimate of drug-likeness (QED) is 0.0310. The van der Waals surface area contributed by atoms with Crippen LogP contribution < -0.4 is 50.8 Å². The Morgan fingerprint density at radius 2 is 2.00 bits per heavy atom. The summed E-state index contributed by atoms with van der Waals surface area (Å²) in [5.74, 6) is -3.88. The number of carbonyl (C=O) groups excluding carboxylic acids is 4. The predicted molar refractivity (Wildman–Crippen MR) is 181 cm³/mol. The van der Waals surface area contributed by atoms with E-state index >= 15 is 0 Å². The molecule has 2 saturated heterocycles. The fraction of sp³-hybridized carbons (Fsp3) is 0.452. The molecular formula is C31H35N10NaO8S2. The van der Waals surface area contributed by atoms with Crippen molar-refractivity contribution < 1.29 is 73.4 Å². The van der Waals surface area contributed by atoms with Gasteiger partial charge >= 0.3 is 29.6 Å². The zero-order chi connectivity index (χ0) is 36.5. The van der Waals surface area contributed by atoms with Crippen molar-refractivity contribution in [3.63, 3.8) is 0 Å². The first-order valence-electron chi connectivity index (χ1n) is 16.0. The molecule has 0 saturated carbocycles. The summed E-state index contributed by atoms with van der Waals surface area (Å²) in [5, 5.41) is 54.8. The predicted octanol–water partition coefficient (Wildman–Crippen LogP) is -3.53. The number of anilines is 1. The molecule has 2 fully saturated rings. The number of nitrogens with zero attached hydrogens (tertiary/aromatic N) is 8. The number of carboxylic acid groups (broad SMARTS) is 1. The van der Waals surface area contributed by atoms with Crippen molar-refractivity contribution in [2.45, 2.75) is 44.1 Å². The number of thiazole rings is 1. The molecule has 6 rings (SSSR count). The first-order valence-corrected chi connectivity index (χ1v) is 18.0. The topological polar surface area (TPSA) is 260 Å². The number of nitrogens with two attached hydrogens (primary N) is 1. The average Bonchev–Trinajstić information content (AvgIpc) is 3.88. The maximum atomic E-state index is 13.9. The summed E-state index contributed by atoms with van der Waals surface area (Å²) in [7, 11) is 0. The number of phenols is 2. The maximum absolute atomic E-state index is 13.9. The molecular weight excluding hydrogens is 728 g/mol. The van der Waals surface area contributed by atoms with Gasteiger partial charge in [-0.05, 0) is 26.0 Å². The van der Waals surface area contributed by atoms with Crippen molar-refractivity contribution in [1.82, 2.24) is 35.8 Å². The number of rotatable bonds is 14. The van der Waals surface area contributed by atoms with Gasteiger partial charge in [-0.1, -0.05) is 11.2 Å². The normalized spacial score (nSPS) is 19.8. The number of benzene rings is 1. The average molecular weight is 763 g/mol. The number of amides is 2. The number of nitrogens with one attached hydrogen (secondary N) is 1. The maximum Gasteiger partial charge on any atom is 1.00 e. The van der Waals surface area contributed by atoms with Gasteiger partial charge in [0.1, 0.15) is 12.2 Å². The number of phenolic OH excluding ortho intramolecular Hbond substituents is 2. The Bertz CT molecular complexity index is 1910. The van der Waals surface area contributed by atoms with Gasteiger partial charge in [-0.25, -0.2) is 4.98 Å². The van der Waals surface area contributed by atoms with E-state index in [0.29, 0.717) is 35.6 Å². The summed E-state index contributed by atoms with van der Waals surface area (Å²) in [6.07, 6.45) is 1.69. The van der Waals surface area contributed by atoms with Crippen LogP contribution in [0.1, 0.15) is 55.0 Å². The van der Waals surface area contributed by atoms with Crippen molar-refractivity contribution in [2.75, 3.05) is 44.2 Å². The van der Waals surface area contributed by atoms with E-state index in [0.717, 1.165) is 42.8 Å². The van der Waals surface area contributed by atoms with Gasteiger partial charge in [0.15, 0.2) is 33.7 Å². The first-order chi connectivity index (χ1) is 24.3. The molecule has 0 spiro atoms. The van der Waals surface area contributed by atoms with Crippen LogP contribution in [0.15, 0.2) is 34.3 Å². The van der Waals surface area contributed by atoms with E-state index < -0.39 is 40.3 Å². The molecule has 0 aliphatic carbocycles. The second-order valence-corrected chi connectivity index (χ2v) is 15.0. The van der Waals surface area contributed by atoms with Crippen LogP contribution in [-0.4, -0.2) is 119 Å². The molecule has 21 heteroatoms. The molecule has 3 aliphatic heterocycles. The van der Waals surface area contributed by atoms with Gasteiger partial charge in [0, 0.05) is 36.0 Å². The molecule has 18 nitrogen and oxygen atoms in total. The van der Waals surface area contributed by atoms with E-state index in [1.807, 2.05) is 0 Å². The second kappa shape index (κ2) is 15.9. The monoisotopic (exact) mass is 762 g/mol. The number of nitrogen functional groups attached to an aromatic ring is 1. The Kier molecular flexibility index (Phi) is 12.0. The third-order valence-electron chi connectivity index (χ3n) is 9.15. The molecule has 3 aromatic rings. The van der Waals surface area contributed by atoms with Gasteiger partial charge in [-0.15, -0.1) is 23.1 Å². The number of fused-ring (bicyclic) bond motifs is 1. The van der Waals surface area contributed by atoms with E-state index in [4.69, 9.17) is 10.6 Å². The van der Waals surface area contributed by atoms with Gasteiger partial charge in [0.25, 0.3) is 5.91 Å². The number of hydrogen-bond donors (Lipinski definition) is 4. The molecule has 3 aliphatic rings. The Balaban J connectivity index is 0.00000523. The van der Waals surface area contributed by atoms with Gasteiger partial charge in [0.05, 0.1) is 60.5 Å². The molecule has 5 heterocycles. The minimum absolute atomic E-state index is 0. The van der Waals surface area contributed by atoms with Crippen molar-refractivity contribution in [3.8, 4) is 11.5 Å². The zero-order valence-corrected chi connectivity index (χ0v) is 32.3. The Labute approximate surface area is 327 Å². The largest absolute Gasteiger partial charge is 1.00 e. The molecule has 0 unspecified atom stereocenters. The number of aromatic nitrogens is 5. The number of oxime groups is 1. The molecule has 5 N–H and O–H groups in total. The number of para-hydroxylation sites is 1. The second-order valence-electron chi connectivity index (χ2n) is 13.0. The van der Waals surface area contributed by atoms with Crippen LogP contribution in [0.25, 0.3) is 5.70 Å². The van der Waals surface area contributed by atoms with Crippen LogP contribution in [-0.2, 0) is 19.2 Å². The molecule has 52 heavy (non-hydrogen) atoms. The van der Waals surface area contributed by atoms with Crippen LogP contribution in [0.2, 0.25) is 0 Å². The van der Waals surface area contributed by atoms with Gasteiger partial charge in [-0.3, -0.25) is 29.6 Å². The number of carbonyl (C=O) groups is 4. The summed E-state index contributed by atoms with van der Waals surface area (Å²) < 4.78 is 0.626. The number of quaternary nitrogens is 1. The molecule has 2 amide bonds. The number of carboxylic acids is 1. The van der Waals surface area contributed by atoms with Gasteiger partial charge in [0.2, 0.25) is 5.91 Å². The number of tetrazole rings is 1. The summed E-state index contributed by atoms with van der Waals surface area (Å²) in [5.41, 5.74) is 5.14. The molecule has 270 valence electrons. The van der Waals surface area contributed by atoms with Crippen LogP contribution in [0.5, 0.6) is 11.5 Å². The number of β-lactam (4-membered cyclic amide) rings is 1. The van der Waals surface area contributed by atoms with Crippen LogP contribution >= 0.6 is 23.1 Å². The minimum atomic E-state index is -1.84. The van der Waals surface area contributed by atoms with E-state index in [2.05, 4.69) is 36.1 Å². The number of ketones is 1. The van der Waals surface area contributed by atoms with E-state index in [-0.39, 0.29) is 75.6 Å². The summed E-state index contributed by atoms with van der Waals surface area (Å²) in [6, 6.07) is 4.20. The third kappa shape index (κ3) is 7.96. The fourth-order valence-corrected chi connectivity index (χ4v) is 8.36. The standard InChI is InChI=1S/C31H36N10O8S2.Na/c1-31(2,29(47)48)49-37-22(19-15-51-30(32)34-19)21(43)12-18-27(46)40-23(25-35-38-39-36-25)16(14-50-28(18)40)13-41(9-3-4-10-41)11-8-33-26(45)17-6-5-7-20(42)24(17)44;/h5-7,15,18,28H,3-4,8-14H2,1-2H3,(H6-,32,33,34,35,36,37,38,39,42,43,44,45,47,48);/q;+1/p-1/t18-,28-;/m1./s1. The van der Waals surface area contributed by atoms with E-state index in [9.17, 15) is 34.5 Å². The zero-order valence-electron chi connectivity index (χ0n) is 28.6. The smallest absolute Gasteiger partial charge is 0.546 e. The Morgan fingerprint density at radius 3 is 2.65 bits per heavy atom. The first kappa shape index (κ1) is 39.1. The third-order valence-corrected chi connectivity index (χ3v) is 11.2. The Hall–Kier alpha value is -4.08.